The van der Waals surface area contributed by atoms with Gasteiger partial charge in [0.2, 0.25) is 5.91 Å². The molecule has 7 heteroatoms. The summed E-state index contributed by atoms with van der Waals surface area (Å²) in [4.78, 5) is 31.4. The van der Waals surface area contributed by atoms with Crippen molar-refractivity contribution in [1.29, 1.82) is 0 Å². The molecule has 3 fully saturated rings. The van der Waals surface area contributed by atoms with Crippen molar-refractivity contribution in [2.75, 3.05) is 44.8 Å². The van der Waals surface area contributed by atoms with Crippen LogP contribution >= 0.6 is 0 Å². The predicted octanol–water partition coefficient (Wildman–Crippen LogP) is 5.40. The van der Waals surface area contributed by atoms with Crippen LogP contribution in [0.2, 0.25) is 0 Å². The number of carbonyl (C=O) groups is 2. The Balaban J connectivity index is 1.41. The molecular formula is C35H50N4O3. The monoisotopic (exact) mass is 574 g/mol. The third-order valence-electron chi connectivity index (χ3n) is 9.53. The highest BCUT2D eigenvalue weighted by Crippen LogP contribution is 2.34. The van der Waals surface area contributed by atoms with E-state index in [-0.39, 0.29) is 29.7 Å². The second-order valence-corrected chi connectivity index (χ2v) is 13.1. The molecule has 2 saturated heterocycles. The maximum atomic E-state index is 13.8. The van der Waals surface area contributed by atoms with E-state index in [4.69, 9.17) is 4.74 Å². The molecule has 0 aromatic heterocycles. The number of hydrogen-bond acceptors (Lipinski definition) is 5. The van der Waals surface area contributed by atoms with Gasteiger partial charge >= 0.3 is 0 Å². The Hall–Kier alpha value is -2.90. The molecule has 1 aliphatic carbocycles. The van der Waals surface area contributed by atoms with Crippen LogP contribution < -0.4 is 15.5 Å². The maximum Gasteiger partial charge on any atom is 0.251 e. The van der Waals surface area contributed by atoms with Crippen molar-refractivity contribution in [3.05, 3.63) is 53.1 Å². The lowest BCUT2D eigenvalue weighted by Crippen LogP contribution is -2.50. The van der Waals surface area contributed by atoms with Crippen molar-refractivity contribution in [3.63, 3.8) is 0 Å². The molecule has 228 valence electrons. The topological polar surface area (TPSA) is 73.9 Å². The van der Waals surface area contributed by atoms with Gasteiger partial charge in [-0.1, -0.05) is 31.2 Å². The number of ether oxygens (including phenoxy) is 1. The van der Waals surface area contributed by atoms with Crippen LogP contribution in [-0.2, 0) is 16.1 Å². The number of anilines is 1. The standard InChI is InChI=1S/C35H50N4O3/c1-6-39(30-13-15-42-16-14-30)33-19-29(28-11-9-27(10-12-28)22-38(5)21-26-7-8-26)18-31(25(33)4)34(40)36-20-32-23(2)17-24(3)37-35(32)41/h9-12,18-19,23-24,26,30,32H,6-8,13-17,20-22H2,1-5H3,(H,36,40)(H,37,41). The molecule has 3 atom stereocenters. The van der Waals surface area contributed by atoms with Crippen molar-refractivity contribution in [1.82, 2.24) is 15.5 Å². The Morgan fingerprint density at radius 2 is 1.76 bits per heavy atom. The van der Waals surface area contributed by atoms with Gasteiger partial charge in [0.15, 0.2) is 0 Å². The van der Waals surface area contributed by atoms with Gasteiger partial charge in [0.25, 0.3) is 5.91 Å². The van der Waals surface area contributed by atoms with Crippen LogP contribution in [0.5, 0.6) is 0 Å². The molecule has 5 rings (SSSR count). The summed E-state index contributed by atoms with van der Waals surface area (Å²) in [5.41, 5.74) is 6.23. The fraction of sp³-hybridized carbons (Fsp3) is 0.600. The summed E-state index contributed by atoms with van der Waals surface area (Å²) in [7, 11) is 2.21. The summed E-state index contributed by atoms with van der Waals surface area (Å²) in [5.74, 6) is 0.806. The number of piperidine rings is 1. The Kier molecular flexibility index (Phi) is 9.89. The second kappa shape index (κ2) is 13.6. The van der Waals surface area contributed by atoms with Gasteiger partial charge in [-0.2, -0.15) is 0 Å². The SMILES string of the molecule is CCN(c1cc(-c2ccc(CN(C)CC3CC3)cc2)cc(C(=O)NCC2C(=O)NC(C)CC2C)c1C)C1CCOCC1. The van der Waals surface area contributed by atoms with Gasteiger partial charge in [-0.15, -0.1) is 0 Å². The molecule has 42 heavy (non-hydrogen) atoms. The van der Waals surface area contributed by atoms with Crippen LogP contribution in [0.25, 0.3) is 11.1 Å². The zero-order valence-electron chi connectivity index (χ0n) is 26.2. The fourth-order valence-corrected chi connectivity index (χ4v) is 6.92. The van der Waals surface area contributed by atoms with Crippen molar-refractivity contribution in [2.24, 2.45) is 17.8 Å². The molecule has 7 nitrogen and oxygen atoms in total. The molecule has 3 aliphatic rings. The van der Waals surface area contributed by atoms with Crippen molar-refractivity contribution in [2.45, 2.75) is 78.4 Å². The van der Waals surface area contributed by atoms with E-state index in [1.807, 2.05) is 13.0 Å². The molecule has 0 radical (unpaired) electrons. The minimum absolute atomic E-state index is 0.0345. The zero-order chi connectivity index (χ0) is 29.8. The number of carbonyl (C=O) groups excluding carboxylic acids is 2. The minimum atomic E-state index is -0.215. The number of nitrogens with zero attached hydrogens (tertiary/aromatic N) is 2. The predicted molar refractivity (Wildman–Crippen MR) is 170 cm³/mol. The van der Waals surface area contributed by atoms with Crippen molar-refractivity contribution in [3.8, 4) is 11.1 Å². The molecule has 0 bridgehead atoms. The quantitative estimate of drug-likeness (QED) is 0.376. The van der Waals surface area contributed by atoms with Gasteiger partial charge in [-0.25, -0.2) is 0 Å². The molecular weight excluding hydrogens is 524 g/mol. The third kappa shape index (κ3) is 7.35. The number of rotatable bonds is 11. The summed E-state index contributed by atoms with van der Waals surface area (Å²) in [6.07, 6.45) is 5.62. The Labute approximate surface area is 252 Å². The smallest absolute Gasteiger partial charge is 0.251 e. The van der Waals surface area contributed by atoms with Gasteiger partial charge < -0.3 is 25.2 Å². The summed E-state index contributed by atoms with van der Waals surface area (Å²) in [5, 5.41) is 6.19. The zero-order valence-corrected chi connectivity index (χ0v) is 26.2. The van der Waals surface area contributed by atoms with Crippen LogP contribution in [0.15, 0.2) is 36.4 Å². The maximum absolute atomic E-state index is 13.8. The first-order valence-electron chi connectivity index (χ1n) is 16.1. The lowest BCUT2D eigenvalue weighted by Gasteiger charge is -2.37. The lowest BCUT2D eigenvalue weighted by molar-refractivity contribution is -0.129. The third-order valence-corrected chi connectivity index (χ3v) is 9.53. The molecule has 2 heterocycles. The van der Waals surface area contributed by atoms with E-state index in [0.29, 0.717) is 18.2 Å². The Bertz CT molecular complexity index is 1240. The summed E-state index contributed by atoms with van der Waals surface area (Å²) < 4.78 is 5.67. The molecule has 0 spiro atoms. The number of benzene rings is 2. The van der Waals surface area contributed by atoms with Gasteiger partial charge in [0.1, 0.15) is 0 Å². The van der Waals surface area contributed by atoms with Crippen LogP contribution in [0.1, 0.15) is 74.4 Å². The number of hydrogen-bond donors (Lipinski definition) is 2. The lowest BCUT2D eigenvalue weighted by atomic mass is 9.84. The minimum Gasteiger partial charge on any atom is -0.381 e. The number of nitrogens with one attached hydrogen (secondary N) is 2. The van der Waals surface area contributed by atoms with Crippen molar-refractivity contribution >= 4 is 17.5 Å². The fourth-order valence-electron chi connectivity index (χ4n) is 6.92. The van der Waals surface area contributed by atoms with E-state index in [1.54, 1.807) is 0 Å². The molecule has 2 aromatic rings. The van der Waals surface area contributed by atoms with Crippen LogP contribution in [0.4, 0.5) is 5.69 Å². The highest BCUT2D eigenvalue weighted by atomic mass is 16.5. The summed E-state index contributed by atoms with van der Waals surface area (Å²) in [6.45, 7) is 13.3. The van der Waals surface area contributed by atoms with Gasteiger partial charge in [-0.3, -0.25) is 9.59 Å². The van der Waals surface area contributed by atoms with E-state index < -0.39 is 0 Å². The first kappa shape index (κ1) is 30.6. The van der Waals surface area contributed by atoms with Gasteiger partial charge in [0.05, 0.1) is 5.92 Å². The average Bonchev–Trinajstić information content (AvgIpc) is 3.78. The van der Waals surface area contributed by atoms with Gasteiger partial charge in [-0.05, 0) is 106 Å². The van der Waals surface area contributed by atoms with E-state index in [1.165, 1.54) is 24.9 Å². The van der Waals surface area contributed by atoms with Crippen LogP contribution in [-0.4, -0.2) is 68.7 Å². The Morgan fingerprint density at radius 1 is 1.05 bits per heavy atom. The highest BCUT2D eigenvalue weighted by Gasteiger charge is 2.33. The van der Waals surface area contributed by atoms with Crippen LogP contribution in [0, 0.1) is 24.7 Å². The second-order valence-electron chi connectivity index (χ2n) is 13.1. The Morgan fingerprint density at radius 3 is 2.40 bits per heavy atom. The van der Waals surface area contributed by atoms with Crippen LogP contribution in [0.3, 0.4) is 0 Å². The molecule has 2 N–H and O–H groups in total. The normalized spacial score (nSPS) is 23.1. The van der Waals surface area contributed by atoms with Crippen molar-refractivity contribution < 1.29 is 14.3 Å². The first-order chi connectivity index (χ1) is 20.2. The molecule has 1 saturated carbocycles. The van der Waals surface area contributed by atoms with E-state index in [0.717, 1.165) is 73.9 Å². The van der Waals surface area contributed by atoms with E-state index >= 15 is 0 Å². The average molecular weight is 575 g/mol. The largest absolute Gasteiger partial charge is 0.381 e. The van der Waals surface area contributed by atoms with E-state index in [9.17, 15) is 9.59 Å². The summed E-state index contributed by atoms with van der Waals surface area (Å²) >= 11 is 0. The van der Waals surface area contributed by atoms with Gasteiger partial charge in [0, 0.05) is 62.7 Å². The molecule has 2 amide bonds. The molecule has 2 aliphatic heterocycles. The molecule has 2 aromatic carbocycles. The van der Waals surface area contributed by atoms with E-state index in [2.05, 4.69) is 78.6 Å². The molecule has 3 unspecified atom stereocenters. The first-order valence-corrected chi connectivity index (χ1v) is 16.1. The number of amides is 2. The summed E-state index contributed by atoms with van der Waals surface area (Å²) in [6, 6.07) is 13.7. The highest BCUT2D eigenvalue weighted by molar-refractivity contribution is 5.99.